The molecular formula is C24H16BF20N3O3. The van der Waals surface area contributed by atoms with Gasteiger partial charge in [0.05, 0.1) is 0 Å². The quantitative estimate of drug-likeness (QED) is 0.0458. The first kappa shape index (κ1) is 53.1. The van der Waals surface area contributed by atoms with Gasteiger partial charge in [0.1, 0.15) is 0 Å². The fourth-order valence-electron chi connectivity index (χ4n) is 2.18. The highest BCUT2D eigenvalue weighted by Crippen LogP contribution is 2.19. The molecule has 0 aromatic heterocycles. The van der Waals surface area contributed by atoms with Gasteiger partial charge in [-0.25, -0.2) is 87.8 Å². The van der Waals surface area contributed by atoms with Gasteiger partial charge in [0.15, 0.2) is 93.1 Å². The zero-order valence-electron chi connectivity index (χ0n) is 23.9. The Morgan fingerprint density at radius 1 is 0.235 bits per heavy atom. The Hall–Kier alpha value is -4.70. The molecule has 0 heterocycles. The van der Waals surface area contributed by atoms with Crippen LogP contribution >= 0.6 is 0 Å². The van der Waals surface area contributed by atoms with Crippen molar-refractivity contribution in [1.82, 2.24) is 18.5 Å². The number of hydrogen-bond donors (Lipinski definition) is 6. The third-order valence-electron chi connectivity index (χ3n) is 4.23. The van der Waals surface area contributed by atoms with E-state index in [0.717, 1.165) is 0 Å². The zero-order chi connectivity index (χ0) is 38.0. The molecule has 4 aromatic rings. The van der Waals surface area contributed by atoms with Crippen LogP contribution in [0, 0.1) is 116 Å². The van der Waals surface area contributed by atoms with Gasteiger partial charge in [0.2, 0.25) is 23.3 Å². The minimum Gasteiger partial charge on any atom is -0.402 e. The average Bonchev–Trinajstić information content (AvgIpc) is 3.01. The van der Waals surface area contributed by atoms with E-state index in [-0.39, 0.29) is 42.7 Å². The molecule has 0 aliphatic heterocycles. The summed E-state index contributed by atoms with van der Waals surface area (Å²) in [6.45, 7) is 0. The predicted octanol–water partition coefficient (Wildman–Crippen LogP) is 7.96. The number of halogens is 20. The minimum atomic E-state index is -2.17. The molecule has 51 heavy (non-hydrogen) atoms. The van der Waals surface area contributed by atoms with Crippen LogP contribution in [0.3, 0.4) is 0 Å². The summed E-state index contributed by atoms with van der Waals surface area (Å²) < 4.78 is 240. The van der Waals surface area contributed by atoms with Crippen molar-refractivity contribution in [2.45, 2.75) is 0 Å². The van der Waals surface area contributed by atoms with Crippen molar-refractivity contribution >= 4 is 7.32 Å². The lowest BCUT2D eigenvalue weighted by molar-refractivity contribution is 0.278. The molecule has 12 N–H and O–H groups in total. The third-order valence-corrected chi connectivity index (χ3v) is 4.23. The highest BCUT2D eigenvalue weighted by molar-refractivity contribution is 6.30. The topological polar surface area (TPSA) is 166 Å². The molecule has 0 bridgehead atoms. The Morgan fingerprint density at radius 3 is 0.392 bits per heavy atom. The minimum absolute atomic E-state index is 0. The summed E-state index contributed by atoms with van der Waals surface area (Å²) in [5.41, 5.74) is 0. The van der Waals surface area contributed by atoms with Gasteiger partial charge in [0.25, 0.3) is 0 Å². The maximum atomic E-state index is 12.0. The van der Waals surface area contributed by atoms with Crippen molar-refractivity contribution in [3.8, 4) is 0 Å². The van der Waals surface area contributed by atoms with Gasteiger partial charge in [-0.1, -0.05) is 0 Å². The van der Waals surface area contributed by atoms with Crippen LogP contribution in [0.4, 0.5) is 87.8 Å². The standard InChI is InChI=1S/4C6HF5.BH3O3.3H3N/c4*7-2-1-3(8)5(10)6(11)4(2)9;2-1(3)4;;;/h4*1H;2-4H;3*1H3. The molecule has 0 spiro atoms. The van der Waals surface area contributed by atoms with Gasteiger partial charge < -0.3 is 33.5 Å². The van der Waals surface area contributed by atoms with E-state index in [0.29, 0.717) is 0 Å². The predicted molar refractivity (Wildman–Crippen MR) is 132 cm³/mol. The molecule has 288 valence electrons. The lowest BCUT2D eigenvalue weighted by atomic mass is 10.3. The largest absolute Gasteiger partial charge is 0.631 e. The number of hydrogen-bond acceptors (Lipinski definition) is 6. The zero-order valence-corrected chi connectivity index (χ0v) is 23.9. The van der Waals surface area contributed by atoms with Crippen LogP contribution in [-0.2, 0) is 0 Å². The summed E-state index contributed by atoms with van der Waals surface area (Å²) in [6.07, 6.45) is 0. The molecule has 0 atom stereocenters. The number of rotatable bonds is 0. The molecule has 0 fully saturated rings. The van der Waals surface area contributed by atoms with Gasteiger partial charge in [0, 0.05) is 24.3 Å². The van der Waals surface area contributed by atoms with E-state index in [4.69, 9.17) is 15.1 Å². The Bertz CT molecular complexity index is 1400. The van der Waals surface area contributed by atoms with Crippen LogP contribution in [0.2, 0.25) is 0 Å². The highest BCUT2D eigenvalue weighted by Gasteiger charge is 2.21. The highest BCUT2D eigenvalue weighted by atomic mass is 19.2. The van der Waals surface area contributed by atoms with E-state index < -0.39 is 124 Å². The fraction of sp³-hybridized carbons (Fsp3) is 0. The van der Waals surface area contributed by atoms with Crippen LogP contribution < -0.4 is 18.5 Å². The molecule has 0 aliphatic rings. The molecule has 0 saturated carbocycles. The second kappa shape index (κ2) is 22.9. The van der Waals surface area contributed by atoms with Crippen molar-refractivity contribution in [2.24, 2.45) is 0 Å². The molecule has 4 aromatic carbocycles. The van der Waals surface area contributed by atoms with E-state index >= 15 is 0 Å². The van der Waals surface area contributed by atoms with E-state index in [1.165, 1.54) is 0 Å². The Balaban J connectivity index is -0.000000273. The van der Waals surface area contributed by atoms with E-state index in [1.807, 2.05) is 0 Å². The van der Waals surface area contributed by atoms with Crippen LogP contribution in [0.25, 0.3) is 0 Å². The van der Waals surface area contributed by atoms with Crippen LogP contribution in [0.5, 0.6) is 0 Å². The number of benzene rings is 4. The summed E-state index contributed by atoms with van der Waals surface area (Å²) in [5, 5.41) is 21.5. The van der Waals surface area contributed by atoms with E-state index in [9.17, 15) is 87.8 Å². The van der Waals surface area contributed by atoms with Crippen LogP contribution in [0.15, 0.2) is 24.3 Å². The van der Waals surface area contributed by atoms with E-state index in [2.05, 4.69) is 0 Å². The van der Waals surface area contributed by atoms with Crippen molar-refractivity contribution in [1.29, 1.82) is 0 Å². The lowest BCUT2D eigenvalue weighted by Gasteiger charge is -1.96. The summed E-state index contributed by atoms with van der Waals surface area (Å²) in [6, 6.07) is -0.247. The molecule has 0 amide bonds. The van der Waals surface area contributed by atoms with Gasteiger partial charge in [-0.3, -0.25) is 0 Å². The summed E-state index contributed by atoms with van der Waals surface area (Å²) in [5.74, 6) is -38.6. The first-order valence-electron chi connectivity index (χ1n) is 10.9. The SMILES string of the molecule is Fc1cc(F)c(F)c(F)c1F.Fc1cc(F)c(F)c(F)c1F.Fc1cc(F)c(F)c(F)c1F.Fc1cc(F)c(F)c(F)c1F.N.N.N.OB(O)O. The Kier molecular flexibility index (Phi) is 23.9. The fourth-order valence-corrected chi connectivity index (χ4v) is 2.18. The first-order valence-corrected chi connectivity index (χ1v) is 10.9. The monoisotopic (exact) mass is 785 g/mol. The second-order valence-corrected chi connectivity index (χ2v) is 7.48. The Morgan fingerprint density at radius 2 is 0.314 bits per heavy atom. The lowest BCUT2D eigenvalue weighted by Crippen LogP contribution is -2.07. The molecule has 4 rings (SSSR count). The summed E-state index contributed by atoms with van der Waals surface area (Å²) in [7, 11) is -2.17. The summed E-state index contributed by atoms with van der Waals surface area (Å²) in [4.78, 5) is 0. The average molecular weight is 785 g/mol. The van der Waals surface area contributed by atoms with Crippen molar-refractivity contribution in [3.05, 3.63) is 141 Å². The molecule has 0 unspecified atom stereocenters. The maximum Gasteiger partial charge on any atom is 0.631 e. The first-order chi connectivity index (χ1) is 21.9. The van der Waals surface area contributed by atoms with Crippen LogP contribution in [0.1, 0.15) is 0 Å². The normalized spacial score (nSPS) is 9.39. The van der Waals surface area contributed by atoms with Gasteiger partial charge >= 0.3 is 7.32 Å². The van der Waals surface area contributed by atoms with Crippen molar-refractivity contribution in [2.75, 3.05) is 0 Å². The van der Waals surface area contributed by atoms with Gasteiger partial charge in [-0.2, -0.15) is 0 Å². The molecule has 0 radical (unpaired) electrons. The molecule has 27 heteroatoms. The van der Waals surface area contributed by atoms with Gasteiger partial charge in [-0.05, 0) is 0 Å². The van der Waals surface area contributed by atoms with Crippen molar-refractivity contribution < 1.29 is 103 Å². The molecule has 0 saturated heterocycles. The second-order valence-electron chi connectivity index (χ2n) is 7.48. The molecular weight excluding hydrogens is 769 g/mol. The van der Waals surface area contributed by atoms with Crippen LogP contribution in [-0.4, -0.2) is 22.4 Å². The van der Waals surface area contributed by atoms with Gasteiger partial charge in [-0.15, -0.1) is 0 Å². The third kappa shape index (κ3) is 15.0. The van der Waals surface area contributed by atoms with Crippen molar-refractivity contribution in [3.63, 3.8) is 0 Å². The summed E-state index contributed by atoms with van der Waals surface area (Å²) >= 11 is 0. The Labute approximate surface area is 270 Å². The smallest absolute Gasteiger partial charge is 0.402 e. The maximum absolute atomic E-state index is 12.0. The molecule has 6 nitrogen and oxygen atoms in total. The van der Waals surface area contributed by atoms with E-state index in [1.54, 1.807) is 0 Å². The molecule has 0 aliphatic carbocycles.